The molecule has 1 unspecified atom stereocenters. The number of nitrogens with one attached hydrogen (secondary N) is 1. The molecule has 1 fully saturated rings. The Kier molecular flexibility index (Phi) is 8.52. The molecule has 0 saturated carbocycles. The Morgan fingerprint density at radius 1 is 1.14 bits per heavy atom. The van der Waals surface area contributed by atoms with Crippen LogP contribution in [0, 0.1) is 0 Å². The zero-order chi connectivity index (χ0) is 25.9. The van der Waals surface area contributed by atoms with Gasteiger partial charge in [0.2, 0.25) is 21.8 Å². The fourth-order valence-corrected chi connectivity index (χ4v) is 5.90. The van der Waals surface area contributed by atoms with Crippen molar-refractivity contribution in [2.75, 3.05) is 31.0 Å². The number of carbonyl (C=O) groups is 3. The van der Waals surface area contributed by atoms with Gasteiger partial charge in [0.05, 0.1) is 23.7 Å². The van der Waals surface area contributed by atoms with E-state index in [1.54, 1.807) is 0 Å². The van der Waals surface area contributed by atoms with Crippen molar-refractivity contribution in [1.82, 2.24) is 4.31 Å². The van der Waals surface area contributed by atoms with E-state index in [-0.39, 0.29) is 26.5 Å². The van der Waals surface area contributed by atoms with Crippen LogP contribution in [0.15, 0.2) is 47.4 Å². The van der Waals surface area contributed by atoms with Crippen LogP contribution in [0.3, 0.4) is 0 Å². The summed E-state index contributed by atoms with van der Waals surface area (Å²) in [6, 6.07) is 8.53. The number of imide groups is 1. The minimum absolute atomic E-state index is 0.104. The Morgan fingerprint density at radius 2 is 1.77 bits per heavy atom. The Balaban J connectivity index is 2.01. The molecule has 1 aliphatic rings. The molecule has 2 aromatic rings. The summed E-state index contributed by atoms with van der Waals surface area (Å²) in [5.41, 5.74) is 0.699. The van der Waals surface area contributed by atoms with Gasteiger partial charge in [-0.2, -0.15) is 4.31 Å². The van der Waals surface area contributed by atoms with E-state index in [1.165, 1.54) is 63.6 Å². The first-order valence-corrected chi connectivity index (χ1v) is 12.5. The van der Waals surface area contributed by atoms with Gasteiger partial charge in [0.1, 0.15) is 10.9 Å². The first-order chi connectivity index (χ1) is 16.5. The number of methoxy groups -OCH3 is 2. The maximum Gasteiger partial charge on any atom is 0.252 e. The molecule has 1 heterocycles. The van der Waals surface area contributed by atoms with Gasteiger partial charge in [0.25, 0.3) is 5.91 Å². The van der Waals surface area contributed by atoms with Crippen LogP contribution in [0.5, 0.6) is 0 Å². The average molecular weight is 544 g/mol. The molecule has 3 rings (SSSR count). The molecular formula is C22H23Cl2N3O7S. The van der Waals surface area contributed by atoms with Gasteiger partial charge >= 0.3 is 0 Å². The predicted molar refractivity (Wildman–Crippen MR) is 130 cm³/mol. The van der Waals surface area contributed by atoms with E-state index >= 15 is 0 Å². The minimum Gasteiger partial charge on any atom is -0.354 e. The molecule has 0 radical (unpaired) electrons. The van der Waals surface area contributed by atoms with Crippen molar-refractivity contribution in [3.63, 3.8) is 0 Å². The SMILES string of the molecule is COC(CN(C1CC(=O)N(c2ccc(NC(C)=O)cc2)C1=O)S(=O)(=O)c1cc(Cl)ccc1Cl)OC. The first kappa shape index (κ1) is 27.1. The van der Waals surface area contributed by atoms with E-state index in [4.69, 9.17) is 32.7 Å². The van der Waals surface area contributed by atoms with E-state index in [0.717, 1.165) is 9.21 Å². The Labute approximate surface area is 212 Å². The summed E-state index contributed by atoms with van der Waals surface area (Å²) in [5.74, 6) is -1.64. The quantitative estimate of drug-likeness (QED) is 0.381. The van der Waals surface area contributed by atoms with Crippen molar-refractivity contribution in [2.45, 2.75) is 30.6 Å². The van der Waals surface area contributed by atoms with Gasteiger partial charge in [0, 0.05) is 31.9 Å². The van der Waals surface area contributed by atoms with Crippen LogP contribution in [0.1, 0.15) is 13.3 Å². The number of ether oxygens (including phenoxy) is 2. The molecule has 1 saturated heterocycles. The fourth-order valence-electron chi connectivity index (χ4n) is 3.60. The topological polar surface area (TPSA) is 122 Å². The molecule has 188 valence electrons. The smallest absolute Gasteiger partial charge is 0.252 e. The van der Waals surface area contributed by atoms with Gasteiger partial charge in [0.15, 0.2) is 6.29 Å². The van der Waals surface area contributed by atoms with Crippen molar-refractivity contribution in [3.05, 3.63) is 52.5 Å². The monoisotopic (exact) mass is 543 g/mol. The van der Waals surface area contributed by atoms with Crippen molar-refractivity contribution in [2.24, 2.45) is 0 Å². The second-order valence-corrected chi connectivity index (χ2v) is 10.3. The van der Waals surface area contributed by atoms with Crippen LogP contribution in [-0.2, 0) is 33.9 Å². The van der Waals surface area contributed by atoms with Crippen LogP contribution >= 0.6 is 23.2 Å². The molecule has 0 bridgehead atoms. The van der Waals surface area contributed by atoms with Crippen molar-refractivity contribution < 1.29 is 32.3 Å². The molecule has 0 aromatic heterocycles. The summed E-state index contributed by atoms with van der Waals surface area (Å²) in [7, 11) is -1.79. The third-order valence-corrected chi connectivity index (χ3v) is 7.84. The summed E-state index contributed by atoms with van der Waals surface area (Å²) in [5, 5.41) is 2.61. The molecule has 3 amide bonds. The average Bonchev–Trinajstić information content (AvgIpc) is 3.09. The number of anilines is 2. The number of carbonyl (C=O) groups excluding carboxylic acids is 3. The highest BCUT2D eigenvalue weighted by Gasteiger charge is 2.48. The van der Waals surface area contributed by atoms with Gasteiger partial charge in [-0.3, -0.25) is 14.4 Å². The fraction of sp³-hybridized carbons (Fsp3) is 0.318. The molecule has 13 heteroatoms. The normalized spacial score (nSPS) is 16.4. The summed E-state index contributed by atoms with van der Waals surface area (Å²) in [4.78, 5) is 38.1. The molecule has 0 aliphatic carbocycles. The largest absolute Gasteiger partial charge is 0.354 e. The lowest BCUT2D eigenvalue weighted by molar-refractivity contribution is -0.126. The lowest BCUT2D eigenvalue weighted by Crippen LogP contribution is -2.49. The van der Waals surface area contributed by atoms with Crippen molar-refractivity contribution in [3.8, 4) is 0 Å². The summed E-state index contributed by atoms with van der Waals surface area (Å²) in [6.45, 7) is 0.956. The Morgan fingerprint density at radius 3 is 2.34 bits per heavy atom. The lowest BCUT2D eigenvalue weighted by atomic mass is 10.2. The molecular weight excluding hydrogens is 521 g/mol. The predicted octanol–water partition coefficient (Wildman–Crippen LogP) is 2.89. The van der Waals surface area contributed by atoms with Crippen LogP contribution < -0.4 is 10.2 Å². The highest BCUT2D eigenvalue weighted by Crippen LogP contribution is 2.33. The number of nitrogens with zero attached hydrogens (tertiary/aromatic N) is 2. The minimum atomic E-state index is -4.43. The third kappa shape index (κ3) is 5.83. The summed E-state index contributed by atoms with van der Waals surface area (Å²) < 4.78 is 38.5. The molecule has 1 aliphatic heterocycles. The molecule has 35 heavy (non-hydrogen) atoms. The summed E-state index contributed by atoms with van der Waals surface area (Å²) >= 11 is 12.2. The van der Waals surface area contributed by atoms with E-state index < -0.39 is 47.1 Å². The third-order valence-electron chi connectivity index (χ3n) is 5.25. The van der Waals surface area contributed by atoms with E-state index in [0.29, 0.717) is 5.69 Å². The molecule has 1 N–H and O–H groups in total. The van der Waals surface area contributed by atoms with Crippen molar-refractivity contribution >= 4 is 62.3 Å². The maximum absolute atomic E-state index is 13.7. The number of hydrogen-bond donors (Lipinski definition) is 1. The zero-order valence-corrected chi connectivity index (χ0v) is 21.4. The Bertz CT molecular complexity index is 1230. The number of sulfonamides is 1. The number of halogens is 2. The highest BCUT2D eigenvalue weighted by molar-refractivity contribution is 7.89. The van der Waals surface area contributed by atoms with E-state index in [2.05, 4.69) is 5.32 Å². The second-order valence-electron chi connectivity index (χ2n) is 7.57. The molecule has 0 spiro atoms. The van der Waals surface area contributed by atoms with E-state index in [9.17, 15) is 22.8 Å². The number of benzene rings is 2. The van der Waals surface area contributed by atoms with Gasteiger partial charge in [-0.1, -0.05) is 23.2 Å². The molecule has 1 atom stereocenters. The van der Waals surface area contributed by atoms with Gasteiger partial charge in [-0.05, 0) is 42.5 Å². The van der Waals surface area contributed by atoms with Gasteiger partial charge < -0.3 is 14.8 Å². The van der Waals surface area contributed by atoms with Crippen LogP contribution in [0.25, 0.3) is 0 Å². The van der Waals surface area contributed by atoms with Crippen LogP contribution in [0.4, 0.5) is 11.4 Å². The highest BCUT2D eigenvalue weighted by atomic mass is 35.5. The van der Waals surface area contributed by atoms with Crippen LogP contribution in [0.2, 0.25) is 10.0 Å². The first-order valence-electron chi connectivity index (χ1n) is 10.3. The number of rotatable bonds is 9. The van der Waals surface area contributed by atoms with E-state index in [1.807, 2.05) is 0 Å². The molecule has 10 nitrogen and oxygen atoms in total. The van der Waals surface area contributed by atoms with Crippen molar-refractivity contribution in [1.29, 1.82) is 0 Å². The van der Waals surface area contributed by atoms with Crippen LogP contribution in [-0.4, -0.2) is 63.5 Å². The molecule has 2 aromatic carbocycles. The second kappa shape index (κ2) is 11.0. The summed E-state index contributed by atoms with van der Waals surface area (Å²) in [6.07, 6.45) is -1.44. The number of amides is 3. The standard InChI is InChI=1S/C22H23Cl2N3O7S/c1-13(28)25-15-5-7-16(8-6-15)27-20(29)11-18(22(27)30)26(12-21(33-2)34-3)35(31,32)19-10-14(23)4-9-17(19)24/h4-10,18,21H,11-12H2,1-3H3,(H,25,28). The van der Waals surface area contributed by atoms with Gasteiger partial charge in [-0.15, -0.1) is 0 Å². The zero-order valence-electron chi connectivity index (χ0n) is 19.0. The number of hydrogen-bond acceptors (Lipinski definition) is 7. The van der Waals surface area contributed by atoms with Gasteiger partial charge in [-0.25, -0.2) is 13.3 Å². The lowest BCUT2D eigenvalue weighted by Gasteiger charge is -2.29. The maximum atomic E-state index is 13.7. The Hall–Kier alpha value is -2.54.